The van der Waals surface area contributed by atoms with Crippen molar-refractivity contribution in [3.63, 3.8) is 0 Å². The van der Waals surface area contributed by atoms with Gasteiger partial charge in [0.25, 0.3) is 11.7 Å². The van der Waals surface area contributed by atoms with E-state index < -0.39 is 17.7 Å². The van der Waals surface area contributed by atoms with Gasteiger partial charge < -0.3 is 5.11 Å². The van der Waals surface area contributed by atoms with E-state index in [0.29, 0.717) is 11.3 Å². The molecule has 0 bridgehead atoms. The molecule has 4 rings (SSSR count). The van der Waals surface area contributed by atoms with Crippen LogP contribution in [0.15, 0.2) is 78.4 Å². The maximum absolute atomic E-state index is 13.2. The first-order valence-corrected chi connectivity index (χ1v) is 10.5. The van der Waals surface area contributed by atoms with Crippen LogP contribution in [-0.2, 0) is 16.0 Å². The van der Waals surface area contributed by atoms with Crippen LogP contribution in [0.1, 0.15) is 40.8 Å². The number of aliphatic hydroxyl groups is 1. The Bertz CT molecular complexity index is 1180. The smallest absolute Gasteiger partial charge is 0.300 e. The van der Waals surface area contributed by atoms with Crippen LogP contribution in [0.25, 0.3) is 5.76 Å². The summed E-state index contributed by atoms with van der Waals surface area (Å²) in [5.74, 6) is -1.45. The number of benzene rings is 3. The predicted molar refractivity (Wildman–Crippen MR) is 123 cm³/mol. The molecule has 1 heterocycles. The Morgan fingerprint density at radius 1 is 0.903 bits per heavy atom. The second kappa shape index (κ2) is 8.23. The summed E-state index contributed by atoms with van der Waals surface area (Å²) in [7, 11) is 0. The standard InChI is InChI=1S/C27H25NO3/c1-4-19-13-15-21(16-14-19)25(29)23-24(20-10-6-5-7-11-20)28(27(31)26(23)30)22-12-8-9-17(2)18(22)3/h5-16,24,29H,4H2,1-3H3/b25-23+. The maximum Gasteiger partial charge on any atom is 0.300 e. The fourth-order valence-electron chi connectivity index (χ4n) is 4.08. The van der Waals surface area contributed by atoms with Gasteiger partial charge in [-0.05, 0) is 48.6 Å². The number of carbonyl (C=O) groups is 2. The number of hydrogen-bond acceptors (Lipinski definition) is 3. The first-order valence-electron chi connectivity index (χ1n) is 10.5. The Morgan fingerprint density at radius 3 is 2.23 bits per heavy atom. The van der Waals surface area contributed by atoms with Crippen molar-refractivity contribution in [2.24, 2.45) is 0 Å². The summed E-state index contributed by atoms with van der Waals surface area (Å²) in [6.45, 7) is 5.97. The highest BCUT2D eigenvalue weighted by Crippen LogP contribution is 2.43. The second-order valence-electron chi connectivity index (χ2n) is 7.85. The Labute approximate surface area is 182 Å². The minimum absolute atomic E-state index is 0.112. The van der Waals surface area contributed by atoms with Crippen molar-refractivity contribution < 1.29 is 14.7 Å². The first-order chi connectivity index (χ1) is 14.9. The molecule has 4 nitrogen and oxygen atoms in total. The van der Waals surface area contributed by atoms with E-state index in [1.807, 2.05) is 74.5 Å². The molecular formula is C27H25NO3. The zero-order chi connectivity index (χ0) is 22.1. The van der Waals surface area contributed by atoms with Crippen LogP contribution in [0.3, 0.4) is 0 Å². The summed E-state index contributed by atoms with van der Waals surface area (Å²) in [4.78, 5) is 27.9. The molecule has 1 saturated heterocycles. The van der Waals surface area contributed by atoms with E-state index in [1.54, 1.807) is 12.1 Å². The summed E-state index contributed by atoms with van der Waals surface area (Å²) >= 11 is 0. The van der Waals surface area contributed by atoms with E-state index in [9.17, 15) is 14.7 Å². The van der Waals surface area contributed by atoms with E-state index in [4.69, 9.17) is 0 Å². The third-order valence-electron chi connectivity index (χ3n) is 6.03. The number of ketones is 1. The molecule has 0 aromatic heterocycles. The molecule has 3 aromatic carbocycles. The highest BCUT2D eigenvalue weighted by molar-refractivity contribution is 6.51. The highest BCUT2D eigenvalue weighted by Gasteiger charge is 2.47. The normalized spacial score (nSPS) is 17.9. The van der Waals surface area contributed by atoms with Crippen molar-refractivity contribution in [3.8, 4) is 0 Å². The largest absolute Gasteiger partial charge is 0.507 e. The number of aryl methyl sites for hydroxylation is 2. The Kier molecular flexibility index (Phi) is 5.47. The van der Waals surface area contributed by atoms with Gasteiger partial charge in [-0.2, -0.15) is 0 Å². The number of hydrogen-bond donors (Lipinski definition) is 1. The van der Waals surface area contributed by atoms with Crippen molar-refractivity contribution in [1.82, 2.24) is 0 Å². The number of anilines is 1. The lowest BCUT2D eigenvalue weighted by molar-refractivity contribution is -0.132. The predicted octanol–water partition coefficient (Wildman–Crippen LogP) is 5.49. The molecule has 0 spiro atoms. The molecule has 1 N–H and O–H groups in total. The van der Waals surface area contributed by atoms with Crippen LogP contribution in [0.4, 0.5) is 5.69 Å². The van der Waals surface area contributed by atoms with E-state index in [-0.39, 0.29) is 11.3 Å². The van der Waals surface area contributed by atoms with Crippen LogP contribution in [0.5, 0.6) is 0 Å². The fraction of sp³-hybridized carbons (Fsp3) is 0.185. The van der Waals surface area contributed by atoms with Crippen molar-refractivity contribution in [1.29, 1.82) is 0 Å². The third-order valence-corrected chi connectivity index (χ3v) is 6.03. The van der Waals surface area contributed by atoms with Gasteiger partial charge in [-0.15, -0.1) is 0 Å². The van der Waals surface area contributed by atoms with E-state index in [0.717, 1.165) is 28.7 Å². The van der Waals surface area contributed by atoms with E-state index in [1.165, 1.54) is 4.90 Å². The molecule has 4 heteroatoms. The van der Waals surface area contributed by atoms with Gasteiger partial charge in [0.15, 0.2) is 0 Å². The van der Waals surface area contributed by atoms with Crippen LogP contribution in [0.2, 0.25) is 0 Å². The van der Waals surface area contributed by atoms with Crippen LogP contribution < -0.4 is 4.90 Å². The van der Waals surface area contributed by atoms with Gasteiger partial charge >= 0.3 is 0 Å². The summed E-state index contributed by atoms with van der Waals surface area (Å²) in [6.07, 6.45) is 0.877. The fourth-order valence-corrected chi connectivity index (χ4v) is 4.08. The van der Waals surface area contributed by atoms with Crippen molar-refractivity contribution in [3.05, 3.63) is 106 Å². The Balaban J connectivity index is 1.95. The molecule has 156 valence electrons. The molecule has 1 aliphatic heterocycles. The molecule has 1 amide bonds. The molecule has 1 unspecified atom stereocenters. The summed E-state index contributed by atoms with van der Waals surface area (Å²) in [5.41, 5.74) is 5.18. The minimum Gasteiger partial charge on any atom is -0.507 e. The number of nitrogens with zero attached hydrogens (tertiary/aromatic N) is 1. The lowest BCUT2D eigenvalue weighted by Gasteiger charge is -2.27. The minimum atomic E-state index is -0.701. The molecule has 0 saturated carbocycles. The molecule has 1 atom stereocenters. The SMILES string of the molecule is CCc1ccc(/C(O)=C2\C(=O)C(=O)N(c3cccc(C)c3C)C2c2ccccc2)cc1. The maximum atomic E-state index is 13.2. The zero-order valence-corrected chi connectivity index (χ0v) is 17.9. The zero-order valence-electron chi connectivity index (χ0n) is 17.9. The number of aliphatic hydroxyl groups excluding tert-OH is 1. The van der Waals surface area contributed by atoms with Crippen LogP contribution in [0, 0.1) is 13.8 Å². The average molecular weight is 412 g/mol. The van der Waals surface area contributed by atoms with Crippen LogP contribution in [-0.4, -0.2) is 16.8 Å². The number of carbonyl (C=O) groups excluding carboxylic acids is 2. The van der Waals surface area contributed by atoms with Gasteiger partial charge in [-0.1, -0.05) is 73.7 Å². The Morgan fingerprint density at radius 2 is 1.58 bits per heavy atom. The molecular weight excluding hydrogens is 386 g/mol. The van der Waals surface area contributed by atoms with Gasteiger partial charge in [0.05, 0.1) is 11.6 Å². The molecule has 0 radical (unpaired) electrons. The molecule has 3 aromatic rings. The Hall–Kier alpha value is -3.66. The van der Waals surface area contributed by atoms with E-state index >= 15 is 0 Å². The lowest BCUT2D eigenvalue weighted by atomic mass is 9.94. The van der Waals surface area contributed by atoms with Crippen molar-refractivity contribution in [2.45, 2.75) is 33.2 Å². The van der Waals surface area contributed by atoms with Crippen molar-refractivity contribution >= 4 is 23.1 Å². The monoisotopic (exact) mass is 411 g/mol. The summed E-state index contributed by atoms with van der Waals surface area (Å²) < 4.78 is 0. The summed E-state index contributed by atoms with van der Waals surface area (Å²) in [6, 6.07) is 21.8. The average Bonchev–Trinajstić information content (AvgIpc) is 3.06. The quantitative estimate of drug-likeness (QED) is 0.351. The molecule has 0 aliphatic carbocycles. The highest BCUT2D eigenvalue weighted by atomic mass is 16.3. The molecule has 1 aliphatic rings. The molecule has 1 fully saturated rings. The van der Waals surface area contributed by atoms with Gasteiger partial charge in [-0.25, -0.2) is 0 Å². The molecule has 31 heavy (non-hydrogen) atoms. The van der Waals surface area contributed by atoms with Gasteiger partial charge in [0, 0.05) is 11.3 Å². The van der Waals surface area contributed by atoms with Crippen molar-refractivity contribution in [2.75, 3.05) is 4.90 Å². The third kappa shape index (κ3) is 3.55. The lowest BCUT2D eigenvalue weighted by Crippen LogP contribution is -2.30. The second-order valence-corrected chi connectivity index (χ2v) is 7.85. The summed E-state index contributed by atoms with van der Waals surface area (Å²) in [5, 5.41) is 11.2. The van der Waals surface area contributed by atoms with Gasteiger partial charge in [0.1, 0.15) is 5.76 Å². The first kappa shape index (κ1) is 20.6. The number of amides is 1. The van der Waals surface area contributed by atoms with E-state index in [2.05, 4.69) is 6.92 Å². The van der Waals surface area contributed by atoms with Gasteiger partial charge in [0.2, 0.25) is 0 Å². The van der Waals surface area contributed by atoms with Gasteiger partial charge in [-0.3, -0.25) is 14.5 Å². The number of Topliss-reactive ketones (excluding diaryl/α,β-unsaturated/α-hetero) is 1. The topological polar surface area (TPSA) is 57.6 Å². The number of rotatable bonds is 4. The van der Waals surface area contributed by atoms with Crippen LogP contribution >= 0.6 is 0 Å².